The maximum atomic E-state index is 5.80. The van der Waals surface area contributed by atoms with Crippen LogP contribution in [-0.2, 0) is 11.2 Å². The monoisotopic (exact) mass is 273 g/mol. The van der Waals surface area contributed by atoms with Crippen LogP contribution in [-0.4, -0.2) is 25.7 Å². The molecule has 1 heterocycles. The minimum atomic E-state index is 0.679. The van der Waals surface area contributed by atoms with Gasteiger partial charge < -0.3 is 9.47 Å². The summed E-state index contributed by atoms with van der Waals surface area (Å²) in [7, 11) is 0. The lowest BCUT2D eigenvalue weighted by Gasteiger charge is -2.11. The molecule has 0 unspecified atom stereocenters. The molecule has 0 amide bonds. The fraction of sp³-hybridized carbons (Fsp3) is 0.471. The van der Waals surface area contributed by atoms with E-state index in [1.54, 1.807) is 0 Å². The summed E-state index contributed by atoms with van der Waals surface area (Å²) in [5, 5.41) is 0. The Kier molecular flexibility index (Phi) is 5.66. The van der Waals surface area contributed by atoms with Crippen molar-refractivity contribution in [1.82, 2.24) is 0 Å². The van der Waals surface area contributed by atoms with Gasteiger partial charge in [0.2, 0.25) is 5.90 Å². The van der Waals surface area contributed by atoms with E-state index in [4.69, 9.17) is 9.47 Å². The van der Waals surface area contributed by atoms with Crippen molar-refractivity contribution in [2.45, 2.75) is 32.6 Å². The van der Waals surface area contributed by atoms with E-state index < -0.39 is 0 Å². The Hall–Kier alpha value is -1.77. The molecule has 0 N–H and O–H groups in total. The van der Waals surface area contributed by atoms with Crippen molar-refractivity contribution in [2.24, 2.45) is 4.99 Å². The Labute approximate surface area is 121 Å². The third kappa shape index (κ3) is 3.86. The van der Waals surface area contributed by atoms with E-state index >= 15 is 0 Å². The number of unbranched alkanes of at least 4 members (excludes halogenated alkanes) is 2. The predicted molar refractivity (Wildman–Crippen MR) is 82.7 cm³/mol. The van der Waals surface area contributed by atoms with Gasteiger partial charge in [0.25, 0.3) is 0 Å². The van der Waals surface area contributed by atoms with Gasteiger partial charge in [0.1, 0.15) is 12.4 Å². The van der Waals surface area contributed by atoms with Crippen molar-refractivity contribution >= 4 is 5.90 Å². The summed E-state index contributed by atoms with van der Waals surface area (Å²) in [4.78, 5) is 4.38. The number of hydrogen-bond donors (Lipinski definition) is 0. The molecular formula is C17H23NO2. The number of hydrogen-bond acceptors (Lipinski definition) is 3. The molecule has 0 aliphatic carbocycles. The van der Waals surface area contributed by atoms with Crippen LogP contribution in [0, 0.1) is 0 Å². The number of nitrogens with zero attached hydrogens (tertiary/aromatic N) is 1. The van der Waals surface area contributed by atoms with Crippen molar-refractivity contribution < 1.29 is 9.47 Å². The van der Waals surface area contributed by atoms with E-state index in [9.17, 15) is 0 Å². The first-order valence-corrected chi connectivity index (χ1v) is 7.39. The summed E-state index contributed by atoms with van der Waals surface area (Å²) in [5.74, 6) is 1.67. The second-order valence-electron chi connectivity index (χ2n) is 4.90. The quantitative estimate of drug-likeness (QED) is 0.533. The average molecular weight is 273 g/mol. The lowest BCUT2D eigenvalue weighted by Crippen LogP contribution is -2.06. The number of benzene rings is 1. The zero-order chi connectivity index (χ0) is 14.2. The molecule has 2 rings (SSSR count). The Morgan fingerprint density at radius 2 is 2.30 bits per heavy atom. The van der Waals surface area contributed by atoms with E-state index in [1.807, 2.05) is 18.2 Å². The van der Waals surface area contributed by atoms with Gasteiger partial charge in [0.05, 0.1) is 13.2 Å². The summed E-state index contributed by atoms with van der Waals surface area (Å²) in [6, 6.07) is 6.11. The molecule has 3 heteroatoms. The van der Waals surface area contributed by atoms with E-state index in [0.29, 0.717) is 6.61 Å². The van der Waals surface area contributed by atoms with E-state index in [0.717, 1.165) is 48.8 Å². The zero-order valence-electron chi connectivity index (χ0n) is 12.2. The van der Waals surface area contributed by atoms with Gasteiger partial charge in [-0.3, -0.25) is 0 Å². The van der Waals surface area contributed by atoms with Gasteiger partial charge in [-0.25, -0.2) is 4.99 Å². The molecule has 0 spiro atoms. The number of aliphatic imine (C=N–C) groups is 1. The Morgan fingerprint density at radius 3 is 3.00 bits per heavy atom. The maximum absolute atomic E-state index is 5.80. The van der Waals surface area contributed by atoms with Gasteiger partial charge in [-0.1, -0.05) is 25.8 Å². The molecule has 20 heavy (non-hydrogen) atoms. The van der Waals surface area contributed by atoms with Crippen molar-refractivity contribution in [2.75, 3.05) is 19.8 Å². The standard InChI is InChI=1S/C17H23NO2/c1-3-5-6-11-19-15-8-9-16(14(13-15)7-4-2)17-18-10-12-20-17/h4,8-9,13H,2-3,5-7,10-12H2,1H3. The SMILES string of the molecule is C=CCc1cc(OCCCCC)ccc1C1=NCCO1. The van der Waals surface area contributed by atoms with E-state index in [-0.39, 0.29) is 0 Å². The fourth-order valence-electron chi connectivity index (χ4n) is 2.23. The minimum absolute atomic E-state index is 0.679. The molecule has 1 aromatic rings. The van der Waals surface area contributed by atoms with Crippen LogP contribution in [0.2, 0.25) is 0 Å². The van der Waals surface area contributed by atoms with Gasteiger partial charge >= 0.3 is 0 Å². The maximum Gasteiger partial charge on any atom is 0.216 e. The fourth-order valence-corrected chi connectivity index (χ4v) is 2.23. The largest absolute Gasteiger partial charge is 0.494 e. The highest BCUT2D eigenvalue weighted by Gasteiger charge is 2.14. The molecule has 108 valence electrons. The molecule has 0 saturated carbocycles. The highest BCUT2D eigenvalue weighted by Crippen LogP contribution is 2.21. The Morgan fingerprint density at radius 1 is 1.40 bits per heavy atom. The number of ether oxygens (including phenoxy) is 2. The molecule has 0 bridgehead atoms. The number of rotatable bonds is 8. The van der Waals surface area contributed by atoms with Gasteiger partial charge in [0.15, 0.2) is 0 Å². The number of allylic oxidation sites excluding steroid dienone is 1. The first-order valence-electron chi connectivity index (χ1n) is 7.39. The van der Waals surface area contributed by atoms with Crippen LogP contribution in [0.4, 0.5) is 0 Å². The second-order valence-corrected chi connectivity index (χ2v) is 4.90. The molecule has 0 saturated heterocycles. The Balaban J connectivity index is 2.08. The van der Waals surface area contributed by atoms with Crippen molar-refractivity contribution in [1.29, 1.82) is 0 Å². The molecule has 0 fully saturated rings. The first-order chi connectivity index (χ1) is 9.85. The molecule has 3 nitrogen and oxygen atoms in total. The summed E-state index contributed by atoms with van der Waals surface area (Å²) in [6.45, 7) is 8.21. The van der Waals surface area contributed by atoms with Crippen LogP contribution >= 0.6 is 0 Å². The molecule has 1 aromatic carbocycles. The van der Waals surface area contributed by atoms with Crippen molar-refractivity contribution in [3.8, 4) is 5.75 Å². The second kappa shape index (κ2) is 7.73. The zero-order valence-corrected chi connectivity index (χ0v) is 12.2. The van der Waals surface area contributed by atoms with Gasteiger partial charge in [0, 0.05) is 5.56 Å². The molecule has 1 aliphatic heterocycles. The van der Waals surface area contributed by atoms with E-state index in [2.05, 4.69) is 24.6 Å². The predicted octanol–water partition coefficient (Wildman–Crippen LogP) is 3.76. The normalized spacial score (nSPS) is 13.8. The molecule has 0 atom stereocenters. The van der Waals surface area contributed by atoms with Crippen LogP contribution in [0.15, 0.2) is 35.8 Å². The molecule has 0 radical (unpaired) electrons. The summed E-state index contributed by atoms with van der Waals surface area (Å²) in [6.07, 6.45) is 6.22. The summed E-state index contributed by atoms with van der Waals surface area (Å²) < 4.78 is 11.4. The van der Waals surface area contributed by atoms with Crippen LogP contribution < -0.4 is 4.74 Å². The van der Waals surface area contributed by atoms with Crippen LogP contribution in [0.1, 0.15) is 37.3 Å². The van der Waals surface area contributed by atoms with E-state index in [1.165, 1.54) is 12.8 Å². The van der Waals surface area contributed by atoms with Gasteiger partial charge in [-0.05, 0) is 36.6 Å². The average Bonchev–Trinajstić information content (AvgIpc) is 2.98. The third-order valence-electron chi connectivity index (χ3n) is 3.27. The highest BCUT2D eigenvalue weighted by molar-refractivity contribution is 5.96. The minimum Gasteiger partial charge on any atom is -0.494 e. The van der Waals surface area contributed by atoms with Crippen LogP contribution in [0.25, 0.3) is 0 Å². The van der Waals surface area contributed by atoms with Gasteiger partial charge in [-0.2, -0.15) is 0 Å². The molecular weight excluding hydrogens is 250 g/mol. The van der Waals surface area contributed by atoms with Crippen molar-refractivity contribution in [3.63, 3.8) is 0 Å². The van der Waals surface area contributed by atoms with Gasteiger partial charge in [-0.15, -0.1) is 6.58 Å². The molecule has 0 aromatic heterocycles. The summed E-state index contributed by atoms with van der Waals surface area (Å²) in [5.41, 5.74) is 2.22. The lowest BCUT2D eigenvalue weighted by molar-refractivity contribution is 0.306. The Bertz CT molecular complexity index is 480. The smallest absolute Gasteiger partial charge is 0.216 e. The molecule has 1 aliphatic rings. The first kappa shape index (κ1) is 14.6. The van der Waals surface area contributed by atoms with Crippen LogP contribution in [0.5, 0.6) is 5.75 Å². The summed E-state index contributed by atoms with van der Waals surface area (Å²) >= 11 is 0. The highest BCUT2D eigenvalue weighted by atomic mass is 16.5. The lowest BCUT2D eigenvalue weighted by atomic mass is 10.0. The van der Waals surface area contributed by atoms with Crippen LogP contribution in [0.3, 0.4) is 0 Å². The van der Waals surface area contributed by atoms with Crippen molar-refractivity contribution in [3.05, 3.63) is 42.0 Å². The third-order valence-corrected chi connectivity index (χ3v) is 3.27. The topological polar surface area (TPSA) is 30.8 Å².